The number of methoxy groups -OCH3 is 1. The first kappa shape index (κ1) is 18.1. The summed E-state index contributed by atoms with van der Waals surface area (Å²) in [5.41, 5.74) is 2.72. The van der Waals surface area contributed by atoms with Gasteiger partial charge >= 0.3 is 6.03 Å². The van der Waals surface area contributed by atoms with Crippen LogP contribution in [0, 0.1) is 5.92 Å². The number of ether oxygens (including phenoxy) is 1. The molecule has 0 saturated carbocycles. The van der Waals surface area contributed by atoms with Crippen LogP contribution in [0.2, 0.25) is 0 Å². The molecular formula is C16H18N4O5. The van der Waals surface area contributed by atoms with Gasteiger partial charge in [0.05, 0.1) is 12.8 Å². The molecular weight excluding hydrogens is 328 g/mol. The Labute approximate surface area is 144 Å². The third-order valence-corrected chi connectivity index (χ3v) is 3.83. The average Bonchev–Trinajstić information content (AvgIpc) is 2.63. The molecule has 9 heteroatoms. The largest absolute Gasteiger partial charge is 0.497 e. The van der Waals surface area contributed by atoms with Gasteiger partial charge in [-0.2, -0.15) is 5.10 Å². The van der Waals surface area contributed by atoms with Crippen LogP contribution < -0.4 is 10.2 Å². The number of nitrogens with one attached hydrogen (secondary N) is 1. The number of hydrogen-bond acceptors (Lipinski definition) is 6. The van der Waals surface area contributed by atoms with Gasteiger partial charge in [-0.05, 0) is 31.2 Å². The molecule has 1 N–H and O–H groups in total. The number of rotatable bonds is 4. The second kappa shape index (κ2) is 7.12. The van der Waals surface area contributed by atoms with Gasteiger partial charge in [-0.15, -0.1) is 0 Å². The number of urea groups is 1. The van der Waals surface area contributed by atoms with Gasteiger partial charge in [-0.3, -0.25) is 24.2 Å². The van der Waals surface area contributed by atoms with Crippen molar-refractivity contribution < 1.29 is 23.9 Å². The van der Waals surface area contributed by atoms with Gasteiger partial charge < -0.3 is 4.74 Å². The van der Waals surface area contributed by atoms with Crippen LogP contribution in [-0.4, -0.2) is 60.5 Å². The molecule has 5 amide bonds. The Morgan fingerprint density at radius 1 is 1.08 bits per heavy atom. The molecule has 25 heavy (non-hydrogen) atoms. The van der Waals surface area contributed by atoms with Gasteiger partial charge in [0, 0.05) is 19.7 Å². The lowest BCUT2D eigenvalue weighted by molar-refractivity contribution is -0.144. The van der Waals surface area contributed by atoms with E-state index in [1.54, 1.807) is 24.3 Å². The molecule has 132 valence electrons. The lowest BCUT2D eigenvalue weighted by Crippen LogP contribution is -2.58. The minimum atomic E-state index is -1.25. The fraction of sp³-hybridized carbons (Fsp3) is 0.312. The number of hydrogen-bond donors (Lipinski definition) is 1. The predicted octanol–water partition coefficient (Wildman–Crippen LogP) is 0.468. The summed E-state index contributed by atoms with van der Waals surface area (Å²) in [5, 5.41) is 3.84. The second-order valence-electron chi connectivity index (χ2n) is 5.43. The average molecular weight is 346 g/mol. The summed E-state index contributed by atoms with van der Waals surface area (Å²) >= 11 is 0. The topological polar surface area (TPSA) is 108 Å². The van der Waals surface area contributed by atoms with Crippen LogP contribution in [0.25, 0.3) is 0 Å². The molecule has 1 aromatic rings. The van der Waals surface area contributed by atoms with E-state index in [4.69, 9.17) is 4.74 Å². The van der Waals surface area contributed by atoms with E-state index in [0.29, 0.717) is 11.3 Å². The van der Waals surface area contributed by atoms with Crippen molar-refractivity contribution in [2.75, 3.05) is 21.2 Å². The number of imide groups is 2. The predicted molar refractivity (Wildman–Crippen MR) is 88.0 cm³/mol. The maximum absolute atomic E-state index is 12.2. The van der Waals surface area contributed by atoms with Crippen molar-refractivity contribution in [3.63, 3.8) is 0 Å². The van der Waals surface area contributed by atoms with Gasteiger partial charge in [-0.1, -0.05) is 0 Å². The molecule has 0 radical (unpaired) electrons. The molecule has 1 aliphatic heterocycles. The lowest BCUT2D eigenvalue weighted by Gasteiger charge is -2.32. The summed E-state index contributed by atoms with van der Waals surface area (Å²) in [6, 6.07) is 5.64. The highest BCUT2D eigenvalue weighted by atomic mass is 16.5. The van der Waals surface area contributed by atoms with Crippen molar-refractivity contribution in [3.05, 3.63) is 29.8 Å². The Morgan fingerprint density at radius 3 is 2.08 bits per heavy atom. The summed E-state index contributed by atoms with van der Waals surface area (Å²) in [6.45, 7) is 1.44. The Balaban J connectivity index is 2.14. The molecule has 1 fully saturated rings. The van der Waals surface area contributed by atoms with Crippen molar-refractivity contribution in [2.24, 2.45) is 11.0 Å². The highest BCUT2D eigenvalue weighted by molar-refractivity contribution is 6.27. The van der Waals surface area contributed by atoms with Gasteiger partial charge in [0.1, 0.15) is 5.75 Å². The van der Waals surface area contributed by atoms with Crippen LogP contribution in [0.4, 0.5) is 4.79 Å². The first-order chi connectivity index (χ1) is 11.8. The second-order valence-corrected chi connectivity index (χ2v) is 5.43. The third-order valence-electron chi connectivity index (χ3n) is 3.83. The molecule has 1 heterocycles. The monoisotopic (exact) mass is 346 g/mol. The van der Waals surface area contributed by atoms with Gasteiger partial charge in [0.15, 0.2) is 5.92 Å². The summed E-state index contributed by atoms with van der Waals surface area (Å²) < 4.78 is 5.01. The Morgan fingerprint density at radius 2 is 1.60 bits per heavy atom. The van der Waals surface area contributed by atoms with E-state index < -0.39 is 29.7 Å². The maximum Gasteiger partial charge on any atom is 0.332 e. The van der Waals surface area contributed by atoms with Crippen molar-refractivity contribution in [1.29, 1.82) is 0 Å². The third kappa shape index (κ3) is 3.49. The van der Waals surface area contributed by atoms with Gasteiger partial charge in [0.25, 0.3) is 5.91 Å². The Bertz CT molecular complexity index is 732. The van der Waals surface area contributed by atoms with Crippen molar-refractivity contribution in [1.82, 2.24) is 15.2 Å². The van der Waals surface area contributed by atoms with Crippen molar-refractivity contribution in [3.8, 4) is 5.75 Å². The number of nitrogens with zero attached hydrogens (tertiary/aromatic N) is 3. The summed E-state index contributed by atoms with van der Waals surface area (Å²) in [7, 11) is 4.08. The van der Waals surface area contributed by atoms with Crippen LogP contribution in [0.1, 0.15) is 17.3 Å². The van der Waals surface area contributed by atoms with Gasteiger partial charge in [-0.25, -0.2) is 10.2 Å². The molecule has 0 spiro atoms. The summed E-state index contributed by atoms with van der Waals surface area (Å²) in [5.74, 6) is -2.52. The molecule has 0 bridgehead atoms. The first-order valence-corrected chi connectivity index (χ1v) is 7.35. The molecule has 1 saturated heterocycles. The molecule has 0 aromatic heterocycles. The van der Waals surface area contributed by atoms with Crippen LogP contribution >= 0.6 is 0 Å². The standard InChI is InChI=1S/C16H18N4O5/c1-9(12-14(22)19(2)16(24)20(3)15(12)23)17-18-13(21)10-5-7-11(25-4)8-6-10/h5-8,12H,1-4H3,(H,18,21)/b17-9+. The number of hydrazone groups is 1. The van der Waals surface area contributed by atoms with Crippen LogP contribution in [0.5, 0.6) is 5.75 Å². The lowest BCUT2D eigenvalue weighted by atomic mass is 9.99. The molecule has 0 atom stereocenters. The molecule has 1 aromatic carbocycles. The number of carbonyl (C=O) groups is 4. The van der Waals surface area contributed by atoms with E-state index in [2.05, 4.69) is 10.5 Å². The molecule has 0 aliphatic carbocycles. The Hall–Kier alpha value is -3.23. The maximum atomic E-state index is 12.2. The van der Waals surface area contributed by atoms with Crippen molar-refractivity contribution >= 4 is 29.5 Å². The minimum absolute atomic E-state index is 0.0862. The van der Waals surface area contributed by atoms with E-state index in [1.807, 2.05) is 0 Å². The van der Waals surface area contributed by atoms with E-state index in [0.717, 1.165) is 9.80 Å². The smallest absolute Gasteiger partial charge is 0.332 e. The Kier molecular flexibility index (Phi) is 5.16. The molecule has 2 rings (SSSR count). The number of benzene rings is 1. The minimum Gasteiger partial charge on any atom is -0.497 e. The summed E-state index contributed by atoms with van der Waals surface area (Å²) in [4.78, 5) is 49.8. The quantitative estimate of drug-likeness (QED) is 0.484. The number of carbonyl (C=O) groups excluding carboxylic acids is 4. The zero-order valence-corrected chi connectivity index (χ0v) is 14.3. The van der Waals surface area contributed by atoms with Crippen LogP contribution in [0.3, 0.4) is 0 Å². The van der Waals surface area contributed by atoms with Gasteiger partial charge in [0.2, 0.25) is 11.8 Å². The number of barbiturate groups is 1. The zero-order chi connectivity index (χ0) is 18.7. The number of amides is 5. The normalized spacial score (nSPS) is 16.3. The van der Waals surface area contributed by atoms with E-state index >= 15 is 0 Å². The van der Waals surface area contributed by atoms with E-state index in [-0.39, 0.29) is 5.71 Å². The fourth-order valence-electron chi connectivity index (χ4n) is 2.27. The zero-order valence-electron chi connectivity index (χ0n) is 14.3. The van der Waals surface area contributed by atoms with Crippen molar-refractivity contribution in [2.45, 2.75) is 6.92 Å². The highest BCUT2D eigenvalue weighted by Crippen LogP contribution is 2.17. The highest BCUT2D eigenvalue weighted by Gasteiger charge is 2.44. The van der Waals surface area contributed by atoms with Crippen LogP contribution in [-0.2, 0) is 9.59 Å². The molecule has 9 nitrogen and oxygen atoms in total. The van der Waals surface area contributed by atoms with Crippen LogP contribution in [0.15, 0.2) is 29.4 Å². The van der Waals surface area contributed by atoms with E-state index in [9.17, 15) is 19.2 Å². The first-order valence-electron chi connectivity index (χ1n) is 7.35. The SMILES string of the molecule is COc1ccc(C(=O)N/N=C(\C)C2C(=O)N(C)C(=O)N(C)C2=O)cc1. The summed E-state index contributed by atoms with van der Waals surface area (Å²) in [6.07, 6.45) is 0. The molecule has 1 aliphatic rings. The fourth-order valence-corrected chi connectivity index (χ4v) is 2.27. The molecule has 0 unspecified atom stereocenters. The van der Waals surface area contributed by atoms with E-state index in [1.165, 1.54) is 28.1 Å².